The molecule has 2 N–H and O–H groups in total. The molecule has 0 saturated heterocycles. The fraction of sp³-hybridized carbons (Fsp3) is 0.214. The van der Waals surface area contributed by atoms with Gasteiger partial charge in [0, 0.05) is 39.7 Å². The summed E-state index contributed by atoms with van der Waals surface area (Å²) in [6, 6.07) is 9.28. The van der Waals surface area contributed by atoms with Crippen molar-refractivity contribution in [2.75, 3.05) is 0 Å². The number of rotatable bonds is 2. The van der Waals surface area contributed by atoms with Crippen molar-refractivity contribution in [2.45, 2.75) is 19.9 Å². The average Bonchev–Trinajstić information content (AvgIpc) is 2.28. The highest BCUT2D eigenvalue weighted by Gasteiger charge is 2.09. The fourth-order valence-corrected chi connectivity index (χ4v) is 2.28. The van der Waals surface area contributed by atoms with Crippen molar-refractivity contribution in [1.82, 2.24) is 4.57 Å². The van der Waals surface area contributed by atoms with E-state index in [0.29, 0.717) is 5.56 Å². The minimum absolute atomic E-state index is 0.00579. The fourth-order valence-electron chi connectivity index (χ4n) is 1.89. The summed E-state index contributed by atoms with van der Waals surface area (Å²) in [6.07, 6.45) is 1.82. The van der Waals surface area contributed by atoms with Gasteiger partial charge in [0.05, 0.1) is 0 Å². The van der Waals surface area contributed by atoms with Crippen LogP contribution in [0.3, 0.4) is 0 Å². The summed E-state index contributed by atoms with van der Waals surface area (Å²) in [5.41, 5.74) is 8.33. The SMILES string of the molecule is Cc1cc(=O)c(C(C)N)cn1-c1cccc(Br)c1. The van der Waals surface area contributed by atoms with Crippen molar-refractivity contribution in [1.29, 1.82) is 0 Å². The normalized spacial score (nSPS) is 12.4. The summed E-state index contributed by atoms with van der Waals surface area (Å²) in [6.45, 7) is 3.73. The van der Waals surface area contributed by atoms with E-state index in [9.17, 15) is 4.79 Å². The lowest BCUT2D eigenvalue weighted by Gasteiger charge is -2.14. The molecule has 0 amide bonds. The molecule has 0 aliphatic rings. The highest BCUT2D eigenvalue weighted by Crippen LogP contribution is 2.17. The number of aryl methyl sites for hydroxylation is 1. The zero-order valence-electron chi connectivity index (χ0n) is 10.4. The summed E-state index contributed by atoms with van der Waals surface area (Å²) in [7, 11) is 0. The van der Waals surface area contributed by atoms with Gasteiger partial charge in [0.2, 0.25) is 0 Å². The largest absolute Gasteiger partial charge is 0.324 e. The molecule has 0 bridgehead atoms. The smallest absolute Gasteiger partial charge is 0.186 e. The summed E-state index contributed by atoms with van der Waals surface area (Å²) in [5.74, 6) is 0. The van der Waals surface area contributed by atoms with Crippen molar-refractivity contribution in [3.05, 3.63) is 62.5 Å². The first-order valence-corrected chi connectivity index (χ1v) is 6.53. The molecule has 4 heteroatoms. The molecule has 1 aromatic heterocycles. The van der Waals surface area contributed by atoms with Crippen LogP contribution in [0.15, 0.2) is 45.8 Å². The minimum Gasteiger partial charge on any atom is -0.324 e. The first-order valence-electron chi connectivity index (χ1n) is 5.74. The third kappa shape index (κ3) is 2.54. The molecule has 0 radical (unpaired) electrons. The summed E-state index contributed by atoms with van der Waals surface area (Å²) < 4.78 is 2.98. The molecule has 2 rings (SSSR count). The van der Waals surface area contributed by atoms with Crippen molar-refractivity contribution in [3.8, 4) is 5.69 Å². The Morgan fingerprint density at radius 2 is 2.06 bits per heavy atom. The Hall–Kier alpha value is -1.39. The number of pyridine rings is 1. The minimum atomic E-state index is -0.267. The molecular formula is C14H15BrN2O. The Morgan fingerprint density at radius 1 is 1.33 bits per heavy atom. The number of hydrogen-bond donors (Lipinski definition) is 1. The molecule has 1 aromatic carbocycles. The van der Waals surface area contributed by atoms with E-state index >= 15 is 0 Å². The molecule has 2 aromatic rings. The van der Waals surface area contributed by atoms with E-state index in [4.69, 9.17) is 5.73 Å². The third-order valence-corrected chi connectivity index (χ3v) is 3.34. The van der Waals surface area contributed by atoms with Gasteiger partial charge in [-0.15, -0.1) is 0 Å². The average molecular weight is 307 g/mol. The molecular weight excluding hydrogens is 292 g/mol. The first kappa shape index (κ1) is 13.1. The predicted octanol–water partition coefficient (Wildman–Crippen LogP) is 2.93. The second-order valence-electron chi connectivity index (χ2n) is 4.37. The number of hydrogen-bond acceptors (Lipinski definition) is 2. The Kier molecular flexibility index (Phi) is 3.68. The van der Waals surface area contributed by atoms with Crippen LogP contribution in [0.5, 0.6) is 0 Å². The lowest BCUT2D eigenvalue weighted by atomic mass is 10.1. The maximum absolute atomic E-state index is 11.8. The monoisotopic (exact) mass is 306 g/mol. The van der Waals surface area contributed by atoms with E-state index in [2.05, 4.69) is 15.9 Å². The maximum Gasteiger partial charge on any atom is 0.186 e. The number of benzene rings is 1. The van der Waals surface area contributed by atoms with Crippen LogP contribution in [0.25, 0.3) is 5.69 Å². The van der Waals surface area contributed by atoms with Crippen LogP contribution < -0.4 is 11.2 Å². The lowest BCUT2D eigenvalue weighted by molar-refractivity contribution is 0.786. The van der Waals surface area contributed by atoms with Crippen LogP contribution in [0.4, 0.5) is 0 Å². The van der Waals surface area contributed by atoms with Crippen molar-refractivity contribution in [2.24, 2.45) is 5.73 Å². The van der Waals surface area contributed by atoms with Gasteiger partial charge in [0.25, 0.3) is 0 Å². The van der Waals surface area contributed by atoms with Crippen LogP contribution in [0.2, 0.25) is 0 Å². The van der Waals surface area contributed by atoms with Gasteiger partial charge in [-0.1, -0.05) is 22.0 Å². The highest BCUT2D eigenvalue weighted by atomic mass is 79.9. The predicted molar refractivity (Wildman–Crippen MR) is 77.1 cm³/mol. The quantitative estimate of drug-likeness (QED) is 0.927. The number of nitrogens with zero attached hydrogens (tertiary/aromatic N) is 1. The topological polar surface area (TPSA) is 48.0 Å². The zero-order valence-corrected chi connectivity index (χ0v) is 11.9. The van der Waals surface area contributed by atoms with Crippen LogP contribution in [0.1, 0.15) is 24.2 Å². The van der Waals surface area contributed by atoms with Crippen LogP contribution in [0, 0.1) is 6.92 Å². The van der Waals surface area contributed by atoms with Gasteiger partial charge in [-0.2, -0.15) is 0 Å². The van der Waals surface area contributed by atoms with E-state index in [1.807, 2.05) is 48.9 Å². The maximum atomic E-state index is 11.8. The van der Waals surface area contributed by atoms with Crippen LogP contribution in [-0.2, 0) is 0 Å². The third-order valence-electron chi connectivity index (χ3n) is 2.85. The second-order valence-corrected chi connectivity index (χ2v) is 5.29. The van der Waals surface area contributed by atoms with Crippen molar-refractivity contribution in [3.63, 3.8) is 0 Å². The molecule has 0 fully saturated rings. The van der Waals surface area contributed by atoms with Gasteiger partial charge >= 0.3 is 0 Å². The van der Waals surface area contributed by atoms with E-state index in [0.717, 1.165) is 15.9 Å². The molecule has 0 saturated carbocycles. The standard InChI is InChI=1S/C14H15BrN2O/c1-9-6-14(18)13(10(2)16)8-17(9)12-5-3-4-11(15)7-12/h3-8,10H,16H2,1-2H3. The van der Waals surface area contributed by atoms with E-state index in [1.54, 1.807) is 6.07 Å². The molecule has 3 nitrogen and oxygen atoms in total. The molecule has 0 aliphatic heterocycles. The number of aromatic nitrogens is 1. The summed E-state index contributed by atoms with van der Waals surface area (Å²) in [4.78, 5) is 11.8. The summed E-state index contributed by atoms with van der Waals surface area (Å²) >= 11 is 3.45. The lowest BCUT2D eigenvalue weighted by Crippen LogP contribution is -2.20. The first-order chi connectivity index (χ1) is 8.49. The van der Waals surface area contributed by atoms with E-state index in [1.165, 1.54) is 0 Å². The second kappa shape index (κ2) is 5.08. The van der Waals surface area contributed by atoms with Crippen molar-refractivity contribution >= 4 is 15.9 Å². The molecule has 18 heavy (non-hydrogen) atoms. The Morgan fingerprint density at radius 3 is 2.67 bits per heavy atom. The molecule has 94 valence electrons. The Bertz CT molecular complexity index is 632. The highest BCUT2D eigenvalue weighted by molar-refractivity contribution is 9.10. The molecule has 0 aliphatic carbocycles. The van der Waals surface area contributed by atoms with Gasteiger partial charge in [-0.3, -0.25) is 4.79 Å². The van der Waals surface area contributed by atoms with Gasteiger partial charge < -0.3 is 10.3 Å². The van der Waals surface area contributed by atoms with Gasteiger partial charge in [0.1, 0.15) is 0 Å². The van der Waals surface area contributed by atoms with Gasteiger partial charge in [-0.25, -0.2) is 0 Å². The molecule has 1 unspecified atom stereocenters. The molecule has 1 atom stereocenters. The van der Waals surface area contributed by atoms with E-state index in [-0.39, 0.29) is 11.5 Å². The number of nitrogens with two attached hydrogens (primary N) is 1. The Balaban J connectivity index is 2.64. The van der Waals surface area contributed by atoms with Crippen molar-refractivity contribution < 1.29 is 0 Å². The number of halogens is 1. The van der Waals surface area contributed by atoms with E-state index < -0.39 is 0 Å². The summed E-state index contributed by atoms with van der Waals surface area (Å²) in [5, 5.41) is 0. The van der Waals surface area contributed by atoms with Crippen LogP contribution >= 0.6 is 15.9 Å². The molecule has 0 spiro atoms. The molecule has 1 heterocycles. The Labute approximate surface area is 114 Å². The zero-order chi connectivity index (χ0) is 13.3. The van der Waals surface area contributed by atoms with Gasteiger partial charge in [-0.05, 0) is 32.0 Å². The van der Waals surface area contributed by atoms with Gasteiger partial charge in [0.15, 0.2) is 5.43 Å². The van der Waals surface area contributed by atoms with Crippen LogP contribution in [-0.4, -0.2) is 4.57 Å².